The van der Waals surface area contributed by atoms with E-state index in [-0.39, 0.29) is 24.1 Å². The van der Waals surface area contributed by atoms with Crippen molar-refractivity contribution in [3.8, 4) is 0 Å². The number of fused-ring (bicyclic) bond motifs is 1. The number of carbonyl (C=O) groups is 1. The second-order valence-electron chi connectivity index (χ2n) is 5.89. The van der Waals surface area contributed by atoms with Crippen molar-refractivity contribution in [2.24, 2.45) is 0 Å². The van der Waals surface area contributed by atoms with Gasteiger partial charge in [0.1, 0.15) is 0 Å². The molecule has 0 aliphatic carbocycles. The molecule has 4 nitrogen and oxygen atoms in total. The van der Waals surface area contributed by atoms with Crippen LogP contribution in [0, 0.1) is 0 Å². The molecule has 1 amide bonds. The van der Waals surface area contributed by atoms with Gasteiger partial charge in [-0.15, -0.1) is 0 Å². The van der Waals surface area contributed by atoms with Gasteiger partial charge in [0.25, 0.3) is 0 Å². The average Bonchev–Trinajstić information content (AvgIpc) is 2.48. The Kier molecular flexibility index (Phi) is 3.76. The Morgan fingerprint density at radius 3 is 2.85 bits per heavy atom. The standard InChI is InChI=1S/C16H22N2O2/c1-11-10-20-12(2)9-18(11)16(19)15-7-13-5-3-4-6-14(13)8-17-15/h3-6,11-12,15,17H,7-10H2,1-2H3/t11?,12?,15-/m1/s1. The van der Waals surface area contributed by atoms with Crippen LogP contribution in [0.15, 0.2) is 24.3 Å². The Morgan fingerprint density at radius 2 is 2.05 bits per heavy atom. The Hall–Kier alpha value is -1.39. The number of hydrogen-bond acceptors (Lipinski definition) is 3. The molecule has 2 aliphatic rings. The fourth-order valence-corrected chi connectivity index (χ4v) is 3.04. The van der Waals surface area contributed by atoms with E-state index in [0.29, 0.717) is 13.2 Å². The van der Waals surface area contributed by atoms with Gasteiger partial charge < -0.3 is 15.0 Å². The highest BCUT2D eigenvalue weighted by Crippen LogP contribution is 2.19. The van der Waals surface area contributed by atoms with Gasteiger partial charge in [0.05, 0.1) is 24.8 Å². The number of rotatable bonds is 1. The Morgan fingerprint density at radius 1 is 1.30 bits per heavy atom. The predicted octanol–water partition coefficient (Wildman–Crippen LogP) is 1.34. The molecule has 1 N–H and O–H groups in total. The molecule has 2 unspecified atom stereocenters. The van der Waals surface area contributed by atoms with Gasteiger partial charge in [0, 0.05) is 13.1 Å². The van der Waals surface area contributed by atoms with Crippen LogP contribution in [-0.2, 0) is 22.5 Å². The highest BCUT2D eigenvalue weighted by Gasteiger charge is 2.33. The van der Waals surface area contributed by atoms with E-state index in [0.717, 1.165) is 13.0 Å². The summed E-state index contributed by atoms with van der Waals surface area (Å²) in [5, 5.41) is 3.38. The lowest BCUT2D eigenvalue weighted by atomic mass is 9.94. The molecule has 3 rings (SSSR count). The van der Waals surface area contributed by atoms with E-state index < -0.39 is 0 Å². The van der Waals surface area contributed by atoms with E-state index >= 15 is 0 Å². The van der Waals surface area contributed by atoms with Gasteiger partial charge in [-0.25, -0.2) is 0 Å². The quantitative estimate of drug-likeness (QED) is 0.840. The molecule has 0 aromatic heterocycles. The van der Waals surface area contributed by atoms with E-state index in [1.54, 1.807) is 0 Å². The summed E-state index contributed by atoms with van der Waals surface area (Å²) in [4.78, 5) is 14.7. The van der Waals surface area contributed by atoms with Crippen molar-refractivity contribution in [3.63, 3.8) is 0 Å². The second-order valence-corrected chi connectivity index (χ2v) is 5.89. The second kappa shape index (κ2) is 5.54. The van der Waals surface area contributed by atoms with Crippen LogP contribution in [0.3, 0.4) is 0 Å². The van der Waals surface area contributed by atoms with Crippen molar-refractivity contribution in [1.29, 1.82) is 0 Å². The fourth-order valence-electron chi connectivity index (χ4n) is 3.04. The van der Waals surface area contributed by atoms with Gasteiger partial charge in [-0.2, -0.15) is 0 Å². The van der Waals surface area contributed by atoms with Crippen LogP contribution in [0.4, 0.5) is 0 Å². The minimum absolute atomic E-state index is 0.0994. The topological polar surface area (TPSA) is 41.6 Å². The lowest BCUT2D eigenvalue weighted by Gasteiger charge is -2.39. The van der Waals surface area contributed by atoms with Gasteiger partial charge in [0.15, 0.2) is 0 Å². The van der Waals surface area contributed by atoms with E-state index in [2.05, 4.69) is 24.4 Å². The van der Waals surface area contributed by atoms with E-state index in [1.165, 1.54) is 11.1 Å². The highest BCUT2D eigenvalue weighted by molar-refractivity contribution is 5.83. The molecule has 2 heterocycles. The van der Waals surface area contributed by atoms with Crippen molar-refractivity contribution < 1.29 is 9.53 Å². The number of benzene rings is 1. The molecular weight excluding hydrogens is 252 g/mol. The summed E-state index contributed by atoms with van der Waals surface area (Å²) < 4.78 is 5.60. The summed E-state index contributed by atoms with van der Waals surface area (Å²) >= 11 is 0. The smallest absolute Gasteiger partial charge is 0.240 e. The van der Waals surface area contributed by atoms with E-state index in [4.69, 9.17) is 4.74 Å². The Labute approximate surface area is 120 Å². The molecule has 4 heteroatoms. The zero-order chi connectivity index (χ0) is 14.1. The zero-order valence-electron chi connectivity index (χ0n) is 12.1. The van der Waals surface area contributed by atoms with Crippen molar-refractivity contribution in [1.82, 2.24) is 10.2 Å². The first-order valence-electron chi connectivity index (χ1n) is 7.37. The third kappa shape index (κ3) is 2.58. The average molecular weight is 274 g/mol. The summed E-state index contributed by atoms with van der Waals surface area (Å²) in [6.45, 7) is 6.19. The van der Waals surface area contributed by atoms with Gasteiger partial charge >= 0.3 is 0 Å². The maximum atomic E-state index is 12.7. The molecule has 108 valence electrons. The maximum absolute atomic E-state index is 12.7. The lowest BCUT2D eigenvalue weighted by Crippen LogP contribution is -2.57. The van der Waals surface area contributed by atoms with Crippen molar-refractivity contribution >= 4 is 5.91 Å². The van der Waals surface area contributed by atoms with Crippen LogP contribution >= 0.6 is 0 Å². The Balaban J connectivity index is 1.72. The van der Waals surface area contributed by atoms with Crippen LogP contribution in [0.25, 0.3) is 0 Å². The molecule has 0 bridgehead atoms. The molecule has 0 saturated carbocycles. The Bertz CT molecular complexity index is 503. The third-order valence-corrected chi connectivity index (χ3v) is 4.27. The summed E-state index contributed by atoms with van der Waals surface area (Å²) in [6.07, 6.45) is 0.916. The number of nitrogens with zero attached hydrogens (tertiary/aromatic N) is 1. The van der Waals surface area contributed by atoms with E-state index in [9.17, 15) is 4.79 Å². The summed E-state index contributed by atoms with van der Waals surface area (Å²) in [5.74, 6) is 0.210. The number of carbonyl (C=O) groups excluding carboxylic acids is 1. The van der Waals surface area contributed by atoms with Crippen LogP contribution < -0.4 is 5.32 Å². The first-order chi connectivity index (χ1) is 9.65. The first kappa shape index (κ1) is 13.6. The number of amides is 1. The minimum atomic E-state index is -0.0994. The molecule has 0 radical (unpaired) electrons. The van der Waals surface area contributed by atoms with Gasteiger partial charge in [0.2, 0.25) is 5.91 Å². The summed E-state index contributed by atoms with van der Waals surface area (Å²) in [6, 6.07) is 8.42. The SMILES string of the molecule is CC1CN(C(=O)[C@H]2Cc3ccccc3CN2)C(C)CO1. The van der Waals surface area contributed by atoms with Crippen LogP contribution in [0.5, 0.6) is 0 Å². The van der Waals surface area contributed by atoms with Crippen LogP contribution in [0.2, 0.25) is 0 Å². The van der Waals surface area contributed by atoms with Gasteiger partial charge in [-0.1, -0.05) is 24.3 Å². The molecule has 1 fully saturated rings. The maximum Gasteiger partial charge on any atom is 0.240 e. The van der Waals surface area contributed by atoms with Crippen LogP contribution in [-0.4, -0.2) is 42.1 Å². The van der Waals surface area contributed by atoms with E-state index in [1.807, 2.05) is 24.0 Å². The van der Waals surface area contributed by atoms with Crippen molar-refractivity contribution in [3.05, 3.63) is 35.4 Å². The number of hydrogen-bond donors (Lipinski definition) is 1. The number of nitrogens with one attached hydrogen (secondary N) is 1. The molecule has 2 aliphatic heterocycles. The third-order valence-electron chi connectivity index (χ3n) is 4.27. The normalized spacial score (nSPS) is 29.9. The molecule has 20 heavy (non-hydrogen) atoms. The van der Waals surface area contributed by atoms with Crippen molar-refractivity contribution in [2.75, 3.05) is 13.2 Å². The summed E-state index contributed by atoms with van der Waals surface area (Å²) in [7, 11) is 0. The highest BCUT2D eigenvalue weighted by atomic mass is 16.5. The minimum Gasteiger partial charge on any atom is -0.375 e. The predicted molar refractivity (Wildman–Crippen MR) is 77.4 cm³/mol. The van der Waals surface area contributed by atoms with Gasteiger partial charge in [-0.3, -0.25) is 4.79 Å². The molecule has 1 aromatic rings. The molecule has 0 spiro atoms. The van der Waals surface area contributed by atoms with Crippen molar-refractivity contribution in [2.45, 2.75) is 45.0 Å². The van der Waals surface area contributed by atoms with Crippen LogP contribution in [0.1, 0.15) is 25.0 Å². The largest absolute Gasteiger partial charge is 0.375 e. The molecular formula is C16H22N2O2. The monoisotopic (exact) mass is 274 g/mol. The number of ether oxygens (including phenoxy) is 1. The van der Waals surface area contributed by atoms with Gasteiger partial charge in [-0.05, 0) is 31.4 Å². The molecule has 3 atom stereocenters. The molecule has 1 aromatic carbocycles. The zero-order valence-corrected chi connectivity index (χ0v) is 12.1. The first-order valence-corrected chi connectivity index (χ1v) is 7.37. The molecule has 1 saturated heterocycles. The lowest BCUT2D eigenvalue weighted by molar-refractivity contribution is -0.145. The fraction of sp³-hybridized carbons (Fsp3) is 0.562. The summed E-state index contributed by atoms with van der Waals surface area (Å²) in [5.41, 5.74) is 2.60. The number of morpholine rings is 1.